The third-order valence-corrected chi connectivity index (χ3v) is 3.96. The fraction of sp³-hybridized carbons (Fsp3) is 0.0588. The summed E-state index contributed by atoms with van der Waals surface area (Å²) in [5.74, 6) is 0.0627. The van der Waals surface area contributed by atoms with E-state index in [1.807, 2.05) is 60.7 Å². The molecule has 0 aliphatic carbocycles. The molecule has 0 saturated heterocycles. The van der Waals surface area contributed by atoms with Gasteiger partial charge in [0.1, 0.15) is 0 Å². The Kier molecular flexibility index (Phi) is 3.88. The van der Waals surface area contributed by atoms with Crippen molar-refractivity contribution >= 4 is 34.2 Å². The summed E-state index contributed by atoms with van der Waals surface area (Å²) in [7, 11) is 0. The van der Waals surface area contributed by atoms with Crippen LogP contribution in [0.5, 0.6) is 0 Å². The molecule has 0 fully saturated rings. The van der Waals surface area contributed by atoms with Gasteiger partial charge in [-0.2, -0.15) is 0 Å². The number of thioether (sulfide) groups is 1. The van der Waals surface area contributed by atoms with Gasteiger partial charge in [0.05, 0.1) is 11.4 Å². The number of benzene rings is 2. The highest BCUT2D eigenvalue weighted by molar-refractivity contribution is 8.14. The number of rotatable bonds is 2. The van der Waals surface area contributed by atoms with Gasteiger partial charge in [0.2, 0.25) is 11.0 Å². The van der Waals surface area contributed by atoms with E-state index >= 15 is 0 Å². The Balaban J connectivity index is 2.14. The first-order valence-electron chi connectivity index (χ1n) is 6.57. The van der Waals surface area contributed by atoms with E-state index in [2.05, 4.69) is 0 Å². The molecule has 3 rings (SSSR count). The lowest BCUT2D eigenvalue weighted by Crippen LogP contribution is -2.29. The number of hydrogen-bond acceptors (Lipinski definition) is 3. The number of anilines is 1. The fourth-order valence-electron chi connectivity index (χ4n) is 2.23. The first-order chi connectivity index (χ1) is 10.3. The molecule has 0 unspecified atom stereocenters. The zero-order valence-electron chi connectivity index (χ0n) is 11.2. The number of carbonyl (C=O) groups excluding carboxylic acids is 2. The largest absolute Gasteiger partial charge is 0.282 e. The summed E-state index contributed by atoms with van der Waals surface area (Å²) in [5.41, 5.74) is 2.25. The Morgan fingerprint density at radius 1 is 0.857 bits per heavy atom. The molecule has 0 saturated carbocycles. The second-order valence-corrected chi connectivity index (χ2v) is 5.55. The molecule has 1 amide bonds. The van der Waals surface area contributed by atoms with Gasteiger partial charge in [-0.25, -0.2) is 0 Å². The molecular formula is C17H13NO2S. The van der Waals surface area contributed by atoms with Gasteiger partial charge in [0.25, 0.3) is 0 Å². The van der Waals surface area contributed by atoms with E-state index in [1.54, 1.807) is 4.90 Å². The van der Waals surface area contributed by atoms with Gasteiger partial charge in [-0.3, -0.25) is 14.5 Å². The monoisotopic (exact) mass is 295 g/mol. The number of hydrogen-bond donors (Lipinski definition) is 0. The Morgan fingerprint density at radius 2 is 1.48 bits per heavy atom. The van der Waals surface area contributed by atoms with E-state index in [0.717, 1.165) is 23.0 Å². The number of carbonyl (C=O) groups is 2. The number of para-hydroxylation sites is 1. The SMILES string of the molecule is O=C1C=C(c2ccccc2)N(c2ccccc2)C(=O)CS1. The van der Waals surface area contributed by atoms with Crippen LogP contribution < -0.4 is 4.90 Å². The van der Waals surface area contributed by atoms with Gasteiger partial charge in [-0.05, 0) is 17.7 Å². The van der Waals surface area contributed by atoms with Gasteiger partial charge in [0.15, 0.2) is 0 Å². The Bertz CT molecular complexity index is 695. The molecule has 1 aliphatic heterocycles. The molecule has 0 spiro atoms. The predicted molar refractivity (Wildman–Crippen MR) is 85.8 cm³/mol. The maximum Gasteiger partial charge on any atom is 0.242 e. The van der Waals surface area contributed by atoms with Crippen LogP contribution in [0.2, 0.25) is 0 Å². The molecule has 1 heterocycles. The predicted octanol–water partition coefficient (Wildman–Crippen LogP) is 3.33. The van der Waals surface area contributed by atoms with E-state index in [4.69, 9.17) is 0 Å². The van der Waals surface area contributed by atoms with Crippen molar-refractivity contribution in [2.24, 2.45) is 0 Å². The van der Waals surface area contributed by atoms with Crippen LogP contribution in [0.25, 0.3) is 5.70 Å². The van der Waals surface area contributed by atoms with Crippen molar-refractivity contribution in [1.82, 2.24) is 0 Å². The molecule has 0 bridgehead atoms. The molecule has 2 aromatic rings. The minimum Gasteiger partial charge on any atom is -0.282 e. The van der Waals surface area contributed by atoms with Gasteiger partial charge >= 0.3 is 0 Å². The van der Waals surface area contributed by atoms with Crippen molar-refractivity contribution < 1.29 is 9.59 Å². The van der Waals surface area contributed by atoms with Gasteiger partial charge in [-0.1, -0.05) is 60.3 Å². The quantitative estimate of drug-likeness (QED) is 0.853. The second-order valence-electron chi connectivity index (χ2n) is 4.57. The molecule has 21 heavy (non-hydrogen) atoms. The van der Waals surface area contributed by atoms with Crippen molar-refractivity contribution in [3.8, 4) is 0 Å². The summed E-state index contributed by atoms with van der Waals surface area (Å²) in [4.78, 5) is 26.0. The highest BCUT2D eigenvalue weighted by Crippen LogP contribution is 2.30. The topological polar surface area (TPSA) is 37.4 Å². The molecule has 4 heteroatoms. The van der Waals surface area contributed by atoms with Gasteiger partial charge in [-0.15, -0.1) is 0 Å². The van der Waals surface area contributed by atoms with E-state index in [-0.39, 0.29) is 16.8 Å². The normalized spacial score (nSPS) is 15.6. The van der Waals surface area contributed by atoms with Crippen LogP contribution in [-0.2, 0) is 9.59 Å². The molecule has 0 N–H and O–H groups in total. The standard InChI is InChI=1S/C17H13NO2S/c19-16-12-21-17(20)11-15(13-7-3-1-4-8-13)18(16)14-9-5-2-6-10-14/h1-11H,12H2. The minimum absolute atomic E-state index is 0.0906. The average Bonchev–Trinajstić information content (AvgIpc) is 2.68. The zero-order valence-corrected chi connectivity index (χ0v) is 12.0. The summed E-state index contributed by atoms with van der Waals surface area (Å²) >= 11 is 1.04. The minimum atomic E-state index is -0.0966. The van der Waals surface area contributed by atoms with E-state index in [1.165, 1.54) is 6.08 Å². The van der Waals surface area contributed by atoms with Crippen LogP contribution in [0.3, 0.4) is 0 Å². The molecule has 104 valence electrons. The molecule has 1 aliphatic rings. The Hall–Kier alpha value is -2.33. The zero-order chi connectivity index (χ0) is 14.7. The van der Waals surface area contributed by atoms with Crippen LogP contribution in [-0.4, -0.2) is 16.8 Å². The smallest absolute Gasteiger partial charge is 0.242 e. The van der Waals surface area contributed by atoms with E-state index in [9.17, 15) is 9.59 Å². The van der Waals surface area contributed by atoms with Crippen molar-refractivity contribution in [2.75, 3.05) is 10.7 Å². The lowest BCUT2D eigenvalue weighted by Gasteiger charge is -2.24. The lowest BCUT2D eigenvalue weighted by molar-refractivity contribution is -0.115. The van der Waals surface area contributed by atoms with Crippen LogP contribution in [0.1, 0.15) is 5.56 Å². The van der Waals surface area contributed by atoms with Crippen LogP contribution in [0.15, 0.2) is 66.7 Å². The third-order valence-electron chi connectivity index (χ3n) is 3.17. The second kappa shape index (κ2) is 5.97. The van der Waals surface area contributed by atoms with Crippen LogP contribution >= 0.6 is 11.8 Å². The fourth-order valence-corrected chi connectivity index (χ4v) is 2.82. The Morgan fingerprint density at radius 3 is 2.14 bits per heavy atom. The van der Waals surface area contributed by atoms with Crippen molar-refractivity contribution in [1.29, 1.82) is 0 Å². The number of nitrogens with zero attached hydrogens (tertiary/aromatic N) is 1. The summed E-state index contributed by atoms with van der Waals surface area (Å²) in [6, 6.07) is 18.9. The highest BCUT2D eigenvalue weighted by atomic mass is 32.2. The molecule has 0 atom stereocenters. The van der Waals surface area contributed by atoms with Crippen molar-refractivity contribution in [2.45, 2.75) is 0 Å². The maximum atomic E-state index is 12.5. The summed E-state index contributed by atoms with van der Waals surface area (Å²) in [6.45, 7) is 0. The highest BCUT2D eigenvalue weighted by Gasteiger charge is 2.25. The van der Waals surface area contributed by atoms with Crippen LogP contribution in [0.4, 0.5) is 5.69 Å². The average molecular weight is 295 g/mol. The molecule has 0 aromatic heterocycles. The number of amides is 1. The maximum absolute atomic E-state index is 12.5. The van der Waals surface area contributed by atoms with Crippen LogP contribution in [0, 0.1) is 0 Å². The molecule has 0 radical (unpaired) electrons. The van der Waals surface area contributed by atoms with Gasteiger partial charge < -0.3 is 0 Å². The Labute approximate surface area is 127 Å². The van der Waals surface area contributed by atoms with Crippen molar-refractivity contribution in [3.63, 3.8) is 0 Å². The van der Waals surface area contributed by atoms with E-state index < -0.39 is 0 Å². The third kappa shape index (κ3) is 2.90. The summed E-state index contributed by atoms with van der Waals surface area (Å²) < 4.78 is 0. The van der Waals surface area contributed by atoms with E-state index in [0.29, 0.717) is 5.70 Å². The van der Waals surface area contributed by atoms with Gasteiger partial charge in [0, 0.05) is 11.8 Å². The molecular weight excluding hydrogens is 282 g/mol. The summed E-state index contributed by atoms with van der Waals surface area (Å²) in [6.07, 6.45) is 1.54. The first kappa shape index (κ1) is 13.6. The lowest BCUT2D eigenvalue weighted by atomic mass is 10.1. The molecule has 2 aromatic carbocycles. The van der Waals surface area contributed by atoms with Crippen molar-refractivity contribution in [3.05, 3.63) is 72.3 Å². The molecule has 3 nitrogen and oxygen atoms in total. The first-order valence-corrected chi connectivity index (χ1v) is 7.56. The summed E-state index contributed by atoms with van der Waals surface area (Å²) in [5, 5.41) is -0.0966.